The van der Waals surface area contributed by atoms with Crippen LogP contribution in [0.25, 0.3) is 0 Å². The Morgan fingerprint density at radius 3 is 0.700 bits per heavy atom. The third-order valence-electron chi connectivity index (χ3n) is 0. The van der Waals surface area contributed by atoms with Gasteiger partial charge in [0.05, 0.1) is 0 Å². The average molecular weight is 151 g/mol. The highest BCUT2D eigenvalue weighted by Gasteiger charge is 1.95. The molecule has 0 aliphatic carbocycles. The number of rotatable bonds is 0. The smallest absolute Gasteiger partial charge is 0 e. The molecular weight excluding hydrogens is 120 g/mol. The molecule has 0 aromatic carbocycles. The van der Waals surface area contributed by atoms with Gasteiger partial charge in [-0.15, -0.1) is 0 Å². The molecule has 70 valence electrons. The van der Waals surface area contributed by atoms with E-state index in [1.54, 1.807) is 0 Å². The van der Waals surface area contributed by atoms with Gasteiger partial charge >= 0.3 is 0 Å². The Labute approximate surface area is 70.5 Å². The van der Waals surface area contributed by atoms with E-state index >= 15 is 0 Å². The van der Waals surface area contributed by atoms with Crippen molar-refractivity contribution in [2.45, 2.75) is 62.8 Å². The van der Waals surface area contributed by atoms with Crippen LogP contribution >= 0.6 is 0 Å². The van der Waals surface area contributed by atoms with Crippen LogP contribution in [0.4, 0.5) is 0 Å². The zero-order valence-electron chi connectivity index (χ0n) is 8.50. The zero-order valence-corrected chi connectivity index (χ0v) is 8.50. The van der Waals surface area contributed by atoms with Gasteiger partial charge in [-0.25, -0.2) is 0 Å². The first-order valence-corrected chi connectivity index (χ1v) is 4.00. The summed E-state index contributed by atoms with van der Waals surface area (Å²) in [5.74, 6) is 0. The van der Waals surface area contributed by atoms with Gasteiger partial charge in [-0.3, -0.25) is 0 Å². The van der Waals surface area contributed by atoms with Crippen molar-refractivity contribution in [3.63, 3.8) is 0 Å². The fourth-order valence-electron chi connectivity index (χ4n) is 0. The van der Waals surface area contributed by atoms with Crippen molar-refractivity contribution in [3.05, 3.63) is 0 Å². The molecule has 0 heterocycles. The lowest BCUT2D eigenvalue weighted by Gasteiger charge is -2.05. The highest BCUT2D eigenvalue weighted by molar-refractivity contribution is 4.47. The highest BCUT2D eigenvalue weighted by atomic mass is 14.0. The van der Waals surface area contributed by atoms with Crippen LogP contribution in [0.5, 0.6) is 0 Å². The van der Waals surface area contributed by atoms with E-state index in [2.05, 4.69) is 27.7 Å². The van der Waals surface area contributed by atoms with E-state index in [1.165, 1.54) is 0 Å². The summed E-state index contributed by atoms with van der Waals surface area (Å²) < 4.78 is 0. The van der Waals surface area contributed by atoms with Crippen LogP contribution in [-0.2, 0) is 0 Å². The molecule has 0 aromatic rings. The minimum absolute atomic E-state index is 0. The summed E-state index contributed by atoms with van der Waals surface area (Å²) in [6, 6.07) is 0. The first-order chi connectivity index (χ1) is 4.00. The van der Waals surface area contributed by atoms with Gasteiger partial charge in [0.25, 0.3) is 0 Å². The van der Waals surface area contributed by atoms with Crippen molar-refractivity contribution in [2.24, 2.45) is 5.41 Å². The van der Waals surface area contributed by atoms with Gasteiger partial charge in [0.15, 0.2) is 0 Å². The van der Waals surface area contributed by atoms with E-state index in [1.807, 2.05) is 27.7 Å². The third-order valence-corrected chi connectivity index (χ3v) is 0. The summed E-state index contributed by atoms with van der Waals surface area (Å²) in [5, 5.41) is 0. The molecule has 0 aliphatic heterocycles. The van der Waals surface area contributed by atoms with Gasteiger partial charge < -0.3 is 0 Å². The Balaban J connectivity index is -0.0000000178. The Morgan fingerprint density at radius 2 is 0.700 bits per heavy atom. The summed E-state index contributed by atoms with van der Waals surface area (Å²) in [5.41, 5.74) is 0.500. The van der Waals surface area contributed by atoms with Crippen LogP contribution in [0.1, 0.15) is 64.2 Å². The third kappa shape index (κ3) is 0. The van der Waals surface area contributed by atoms with Crippen LogP contribution in [0.2, 0.25) is 0 Å². The molecule has 0 N–H and O–H groups in total. The summed E-state index contributed by atoms with van der Waals surface area (Å²) in [4.78, 5) is 0. The molecule has 0 saturated heterocycles. The second-order valence-electron chi connectivity index (χ2n) is 3.00. The van der Waals surface area contributed by atoms with E-state index < -0.39 is 0 Å². The first kappa shape index (κ1) is 22.5. The molecule has 0 radical (unpaired) electrons. The fraction of sp³-hybridized carbons (Fsp3) is 1.00. The average Bonchev–Trinajstić information content (AvgIpc) is 1.72. The lowest BCUT2D eigenvalue weighted by atomic mass is 10.0. The van der Waals surface area contributed by atoms with Crippen molar-refractivity contribution in [3.8, 4) is 0 Å². The SMILES string of the molecule is C.CC.CC.CC(C)(C)C.[2HH]. The summed E-state index contributed by atoms with van der Waals surface area (Å²) in [6.45, 7) is 16.8. The van der Waals surface area contributed by atoms with Crippen molar-refractivity contribution in [1.29, 1.82) is 0 Å². The molecule has 0 saturated carbocycles. The van der Waals surface area contributed by atoms with Crippen molar-refractivity contribution >= 4 is 0 Å². The lowest BCUT2D eigenvalue weighted by Crippen LogP contribution is -1.93. The number of hydrogen-bond donors (Lipinski definition) is 0. The zero-order chi connectivity index (χ0) is 8.50. The monoisotopic (exact) mass is 151 g/mol. The molecule has 0 heteroatoms. The number of hydrogen-bond acceptors (Lipinski definition) is 0. The molecule has 0 nitrogen and oxygen atoms in total. The second kappa shape index (κ2) is 16.0. The van der Waals surface area contributed by atoms with Crippen LogP contribution in [-0.4, -0.2) is 0 Å². The van der Waals surface area contributed by atoms with E-state index in [0.717, 1.165) is 0 Å². The molecule has 0 rings (SSSR count). The van der Waals surface area contributed by atoms with E-state index in [-0.39, 0.29) is 8.85 Å². The predicted molar refractivity (Wildman–Crippen MR) is 56.7 cm³/mol. The molecule has 0 spiro atoms. The largest absolute Gasteiger partial charge is 0.0776 e. The summed E-state index contributed by atoms with van der Waals surface area (Å²) in [6.07, 6.45) is 0. The molecule has 0 bridgehead atoms. The van der Waals surface area contributed by atoms with Crippen molar-refractivity contribution in [2.75, 3.05) is 0 Å². The Bertz CT molecular complexity index is 20.3. The Morgan fingerprint density at radius 1 is 0.700 bits per heavy atom. The predicted octanol–water partition coefficient (Wildman–Crippen LogP) is 4.99. The quantitative estimate of drug-likeness (QED) is 0.457. The van der Waals surface area contributed by atoms with E-state index in [4.69, 9.17) is 0 Å². The molecule has 10 heavy (non-hydrogen) atoms. The standard InChI is InChI=1S/C5H12.2C2H6.CH4.H2/c1-5(2,3)4;2*1-2;;/h1-4H3;2*1-2H3;1H4;1H/i;;;;1+1. The normalized spacial score (nSPS) is 7.20. The minimum Gasteiger partial charge on any atom is -0.0776 e. The van der Waals surface area contributed by atoms with Crippen LogP contribution in [0.3, 0.4) is 0 Å². The minimum atomic E-state index is 0. The maximum atomic E-state index is 2.19. The second-order valence-corrected chi connectivity index (χ2v) is 3.00. The van der Waals surface area contributed by atoms with Crippen molar-refractivity contribution < 1.29 is 1.43 Å². The summed E-state index contributed by atoms with van der Waals surface area (Å²) in [7, 11) is 0. The maximum absolute atomic E-state index is 2.19. The molecule has 0 aromatic heterocycles. The highest BCUT2D eigenvalue weighted by Crippen LogP contribution is 2.07. The first-order valence-electron chi connectivity index (χ1n) is 4.00. The van der Waals surface area contributed by atoms with Gasteiger partial charge in [0.1, 0.15) is 0 Å². The Kier molecular flexibility index (Phi) is 36.0. The van der Waals surface area contributed by atoms with Crippen LogP contribution in [0, 0.1) is 5.41 Å². The van der Waals surface area contributed by atoms with Gasteiger partial charge in [-0.05, 0) is 5.41 Å². The molecule has 0 unspecified atom stereocenters. The fourth-order valence-corrected chi connectivity index (χ4v) is 0. The molecule has 0 amide bonds. The van der Waals surface area contributed by atoms with Gasteiger partial charge in [-0.2, -0.15) is 0 Å². The maximum Gasteiger partial charge on any atom is 0 e. The molecule has 0 aliphatic rings. The van der Waals surface area contributed by atoms with Gasteiger partial charge in [-0.1, -0.05) is 62.8 Å². The lowest BCUT2D eigenvalue weighted by molar-refractivity contribution is 0.469. The Hall–Kier alpha value is 0. The molecular formula is C10H30. The van der Waals surface area contributed by atoms with Crippen LogP contribution in [0.15, 0.2) is 0 Å². The van der Waals surface area contributed by atoms with Crippen LogP contribution < -0.4 is 0 Å². The van der Waals surface area contributed by atoms with E-state index in [9.17, 15) is 0 Å². The van der Waals surface area contributed by atoms with Gasteiger partial charge in [0, 0.05) is 1.43 Å². The van der Waals surface area contributed by atoms with Crippen molar-refractivity contribution in [1.82, 2.24) is 0 Å². The van der Waals surface area contributed by atoms with Gasteiger partial charge in [0.2, 0.25) is 0 Å². The summed E-state index contributed by atoms with van der Waals surface area (Å²) >= 11 is 0. The topological polar surface area (TPSA) is 0 Å². The van der Waals surface area contributed by atoms with E-state index in [0.29, 0.717) is 5.41 Å². The molecule has 0 atom stereocenters. The molecule has 0 fully saturated rings.